The second-order valence-electron chi connectivity index (χ2n) is 4.74. The first-order chi connectivity index (χ1) is 10.7. The highest BCUT2D eigenvalue weighted by molar-refractivity contribution is 7.99. The molecule has 0 saturated carbocycles. The molecule has 1 aromatic carbocycles. The minimum absolute atomic E-state index is 0. The predicted molar refractivity (Wildman–Crippen MR) is 94.8 cm³/mol. The summed E-state index contributed by atoms with van der Waals surface area (Å²) in [4.78, 5) is 15.7. The fourth-order valence-electron chi connectivity index (χ4n) is 1.80. The Kier molecular flexibility index (Phi) is 8.69. The van der Waals surface area contributed by atoms with Crippen molar-refractivity contribution in [2.75, 3.05) is 12.4 Å². The molecule has 0 aliphatic carbocycles. The lowest BCUT2D eigenvalue weighted by Crippen LogP contribution is -2.20. The van der Waals surface area contributed by atoms with Crippen molar-refractivity contribution in [2.45, 2.75) is 24.5 Å². The molecule has 2 rings (SSSR count). The number of aliphatic hydroxyl groups excluding tert-OH is 1. The Morgan fingerprint density at radius 3 is 2.61 bits per heavy atom. The minimum Gasteiger partial charge on any atom is -0.491 e. The Hall–Kier alpha value is -1.56. The Balaban J connectivity index is 0.00000264. The average molecular weight is 354 g/mol. The lowest BCUT2D eigenvalue weighted by molar-refractivity contribution is 0.0987. The van der Waals surface area contributed by atoms with Gasteiger partial charge in [0.05, 0.1) is 11.1 Å². The van der Waals surface area contributed by atoms with Crippen molar-refractivity contribution in [3.8, 4) is 5.75 Å². The molecule has 1 unspecified atom stereocenters. The van der Waals surface area contributed by atoms with Crippen molar-refractivity contribution in [3.63, 3.8) is 0 Å². The fourth-order valence-corrected chi connectivity index (χ4v) is 2.57. The highest BCUT2D eigenvalue weighted by Gasteiger charge is 2.08. The lowest BCUT2D eigenvalue weighted by Gasteiger charge is -2.12. The van der Waals surface area contributed by atoms with E-state index in [0.717, 1.165) is 5.03 Å². The molecule has 0 fully saturated rings. The van der Waals surface area contributed by atoms with Crippen LogP contribution in [0.4, 0.5) is 0 Å². The molecule has 1 atom stereocenters. The van der Waals surface area contributed by atoms with Gasteiger partial charge in [0.1, 0.15) is 12.4 Å². The molecule has 124 valence electrons. The number of halogens is 1. The maximum atomic E-state index is 11.5. The number of benzene rings is 1. The molecule has 0 spiro atoms. The Labute approximate surface area is 146 Å². The summed E-state index contributed by atoms with van der Waals surface area (Å²) in [6, 6.07) is 12.7. The van der Waals surface area contributed by atoms with Crippen LogP contribution in [0, 0.1) is 0 Å². The van der Waals surface area contributed by atoms with Crippen molar-refractivity contribution in [1.82, 2.24) is 4.98 Å². The third kappa shape index (κ3) is 6.60. The molecule has 4 nitrogen and oxygen atoms in total. The summed E-state index contributed by atoms with van der Waals surface area (Å²) in [7, 11) is 0. The summed E-state index contributed by atoms with van der Waals surface area (Å²) in [6.45, 7) is 2.04. The van der Waals surface area contributed by atoms with E-state index < -0.39 is 6.10 Å². The maximum Gasteiger partial charge on any atom is 0.162 e. The van der Waals surface area contributed by atoms with Crippen LogP contribution in [-0.4, -0.2) is 34.3 Å². The molecule has 0 radical (unpaired) electrons. The van der Waals surface area contributed by atoms with Crippen LogP contribution in [0.25, 0.3) is 0 Å². The van der Waals surface area contributed by atoms with Gasteiger partial charge in [-0.05, 0) is 36.4 Å². The Morgan fingerprint density at radius 1 is 1.26 bits per heavy atom. The largest absolute Gasteiger partial charge is 0.491 e. The number of hydrogen-bond donors (Lipinski definition) is 1. The van der Waals surface area contributed by atoms with E-state index in [4.69, 9.17) is 4.74 Å². The number of rotatable bonds is 8. The van der Waals surface area contributed by atoms with Crippen LogP contribution in [-0.2, 0) is 0 Å². The number of thioether (sulfide) groups is 1. The summed E-state index contributed by atoms with van der Waals surface area (Å²) < 4.78 is 5.53. The molecule has 0 aliphatic rings. The molecule has 1 aromatic heterocycles. The molecule has 0 aliphatic heterocycles. The number of aliphatic hydroxyl groups is 1. The van der Waals surface area contributed by atoms with Crippen molar-refractivity contribution in [1.29, 1.82) is 0 Å². The van der Waals surface area contributed by atoms with Gasteiger partial charge in [-0.3, -0.25) is 4.79 Å². The number of pyridine rings is 1. The van der Waals surface area contributed by atoms with Crippen molar-refractivity contribution in [2.24, 2.45) is 0 Å². The summed E-state index contributed by atoms with van der Waals surface area (Å²) in [5, 5.41) is 10.8. The van der Waals surface area contributed by atoms with Gasteiger partial charge in [0.25, 0.3) is 0 Å². The Morgan fingerprint density at radius 2 is 2.00 bits per heavy atom. The van der Waals surface area contributed by atoms with E-state index in [2.05, 4.69) is 4.98 Å². The van der Waals surface area contributed by atoms with E-state index in [9.17, 15) is 9.90 Å². The molecular formula is C17H20ClNO3S. The van der Waals surface area contributed by atoms with Crippen LogP contribution >= 0.6 is 24.2 Å². The SMILES string of the molecule is CCC(=O)c1ccc(OCC(O)CSc2ccccn2)cc1.Cl. The number of ether oxygens (including phenoxy) is 1. The Bertz CT molecular complexity index is 593. The number of nitrogens with zero attached hydrogens (tertiary/aromatic N) is 1. The molecule has 0 bridgehead atoms. The van der Waals surface area contributed by atoms with Gasteiger partial charge in [0.15, 0.2) is 5.78 Å². The van der Waals surface area contributed by atoms with Gasteiger partial charge in [-0.1, -0.05) is 13.0 Å². The minimum atomic E-state index is -0.580. The first kappa shape index (κ1) is 19.5. The zero-order valence-electron chi connectivity index (χ0n) is 12.8. The topological polar surface area (TPSA) is 59.4 Å². The first-order valence-corrected chi connectivity index (χ1v) is 8.15. The number of ketones is 1. The highest BCUT2D eigenvalue weighted by Crippen LogP contribution is 2.17. The van der Waals surface area contributed by atoms with Crippen molar-refractivity contribution in [3.05, 3.63) is 54.2 Å². The number of Topliss-reactive ketones (excluding diaryl/α,β-unsaturated/α-hetero) is 1. The van der Waals surface area contributed by atoms with E-state index in [1.54, 1.807) is 30.5 Å². The smallest absolute Gasteiger partial charge is 0.162 e. The van der Waals surface area contributed by atoms with E-state index in [0.29, 0.717) is 23.5 Å². The normalized spacial score (nSPS) is 11.4. The standard InChI is InChI=1S/C17H19NO3S.ClH/c1-2-16(20)13-6-8-15(9-7-13)21-11-14(19)12-22-17-5-3-4-10-18-17;/h3-10,14,19H,2,11-12H2,1H3;1H. The third-order valence-electron chi connectivity index (χ3n) is 3.00. The quantitative estimate of drug-likeness (QED) is 0.580. The summed E-state index contributed by atoms with van der Waals surface area (Å²) in [6.07, 6.45) is 1.64. The van der Waals surface area contributed by atoms with Crippen LogP contribution in [0.2, 0.25) is 0 Å². The van der Waals surface area contributed by atoms with E-state index >= 15 is 0 Å². The molecule has 1 N–H and O–H groups in total. The zero-order chi connectivity index (χ0) is 15.8. The van der Waals surface area contributed by atoms with Gasteiger partial charge in [-0.25, -0.2) is 4.98 Å². The summed E-state index contributed by atoms with van der Waals surface area (Å²) in [5.74, 6) is 1.27. The second kappa shape index (κ2) is 10.3. The second-order valence-corrected chi connectivity index (χ2v) is 5.79. The first-order valence-electron chi connectivity index (χ1n) is 7.17. The zero-order valence-corrected chi connectivity index (χ0v) is 14.5. The number of hydrogen-bond acceptors (Lipinski definition) is 5. The van der Waals surface area contributed by atoms with Gasteiger partial charge in [-0.2, -0.15) is 0 Å². The fraction of sp³-hybridized carbons (Fsp3) is 0.294. The van der Waals surface area contributed by atoms with Crippen molar-refractivity contribution < 1.29 is 14.6 Å². The molecule has 1 heterocycles. The molecule has 0 saturated heterocycles. The molecule has 0 amide bonds. The lowest BCUT2D eigenvalue weighted by atomic mass is 10.1. The van der Waals surface area contributed by atoms with Gasteiger partial charge in [0, 0.05) is 23.9 Å². The average Bonchev–Trinajstić information content (AvgIpc) is 2.58. The van der Waals surface area contributed by atoms with E-state index in [-0.39, 0.29) is 24.8 Å². The number of aromatic nitrogens is 1. The van der Waals surface area contributed by atoms with Crippen LogP contribution in [0.5, 0.6) is 5.75 Å². The van der Waals surface area contributed by atoms with Crippen LogP contribution in [0.1, 0.15) is 23.7 Å². The summed E-state index contributed by atoms with van der Waals surface area (Å²) >= 11 is 1.49. The van der Waals surface area contributed by atoms with Crippen LogP contribution in [0.3, 0.4) is 0 Å². The highest BCUT2D eigenvalue weighted by atomic mass is 35.5. The predicted octanol–water partition coefficient (Wildman–Crippen LogP) is 3.63. The van der Waals surface area contributed by atoms with Crippen LogP contribution < -0.4 is 4.74 Å². The molecule has 2 aromatic rings. The van der Waals surface area contributed by atoms with Gasteiger partial charge >= 0.3 is 0 Å². The monoisotopic (exact) mass is 353 g/mol. The van der Waals surface area contributed by atoms with E-state index in [1.165, 1.54) is 11.8 Å². The van der Waals surface area contributed by atoms with Gasteiger partial charge in [0.2, 0.25) is 0 Å². The van der Waals surface area contributed by atoms with Gasteiger partial charge in [-0.15, -0.1) is 24.2 Å². The maximum absolute atomic E-state index is 11.5. The molecule has 6 heteroatoms. The van der Waals surface area contributed by atoms with E-state index in [1.807, 2.05) is 25.1 Å². The molecular weight excluding hydrogens is 334 g/mol. The number of carbonyl (C=O) groups excluding carboxylic acids is 1. The van der Waals surface area contributed by atoms with Gasteiger partial charge < -0.3 is 9.84 Å². The third-order valence-corrected chi connectivity index (χ3v) is 4.09. The number of carbonyl (C=O) groups is 1. The summed E-state index contributed by atoms with van der Waals surface area (Å²) in [5.41, 5.74) is 0.682. The molecule has 23 heavy (non-hydrogen) atoms. The van der Waals surface area contributed by atoms with Crippen LogP contribution in [0.15, 0.2) is 53.7 Å². The van der Waals surface area contributed by atoms with Crippen molar-refractivity contribution >= 4 is 30.0 Å².